The van der Waals surface area contributed by atoms with Crippen LogP contribution in [0.3, 0.4) is 0 Å². The summed E-state index contributed by atoms with van der Waals surface area (Å²) in [5.74, 6) is 0.226. The Bertz CT molecular complexity index is 763. The van der Waals surface area contributed by atoms with Gasteiger partial charge < -0.3 is 19.9 Å². The highest BCUT2D eigenvalue weighted by Crippen LogP contribution is 2.27. The van der Waals surface area contributed by atoms with Gasteiger partial charge in [-0.1, -0.05) is 19.0 Å². The van der Waals surface area contributed by atoms with Gasteiger partial charge in [0, 0.05) is 25.4 Å². The van der Waals surface area contributed by atoms with Gasteiger partial charge in [0.05, 0.1) is 22.7 Å². The van der Waals surface area contributed by atoms with Gasteiger partial charge in [-0.2, -0.15) is 0 Å². The predicted molar refractivity (Wildman–Crippen MR) is 99.2 cm³/mol. The molecule has 3 heterocycles. The summed E-state index contributed by atoms with van der Waals surface area (Å²) in [4.78, 5) is 19.6. The molecular formula is C19H28N4O3. The van der Waals surface area contributed by atoms with Crippen molar-refractivity contribution < 1.29 is 14.1 Å². The van der Waals surface area contributed by atoms with Crippen LogP contribution in [0.4, 0.5) is 0 Å². The third-order valence-electron chi connectivity index (χ3n) is 4.89. The Morgan fingerprint density at radius 1 is 1.42 bits per heavy atom. The van der Waals surface area contributed by atoms with E-state index in [-0.39, 0.29) is 17.9 Å². The maximum atomic E-state index is 13.2. The van der Waals surface area contributed by atoms with E-state index in [9.17, 15) is 4.79 Å². The molecule has 0 spiro atoms. The summed E-state index contributed by atoms with van der Waals surface area (Å²) >= 11 is 0. The number of aromatic nitrogens is 2. The first-order valence-corrected chi connectivity index (χ1v) is 9.39. The number of nitrogens with two attached hydrogens (primary N) is 1. The summed E-state index contributed by atoms with van der Waals surface area (Å²) in [6, 6.07) is 1.89. The molecule has 142 valence electrons. The quantitative estimate of drug-likeness (QED) is 0.796. The van der Waals surface area contributed by atoms with E-state index in [2.05, 4.69) is 24.0 Å². The molecule has 0 unspecified atom stereocenters. The lowest BCUT2D eigenvalue weighted by Gasteiger charge is -2.32. The van der Waals surface area contributed by atoms with Gasteiger partial charge in [-0.3, -0.25) is 4.79 Å². The number of carbonyl (C=O) groups excluding carboxylic acids is 1. The molecular weight excluding hydrogens is 332 g/mol. The minimum absolute atomic E-state index is 0.0195. The highest BCUT2D eigenvalue weighted by Gasteiger charge is 2.27. The van der Waals surface area contributed by atoms with Gasteiger partial charge in [-0.25, -0.2) is 4.98 Å². The van der Waals surface area contributed by atoms with E-state index in [1.165, 1.54) is 0 Å². The number of hydrogen-bond acceptors (Lipinski definition) is 6. The van der Waals surface area contributed by atoms with Crippen molar-refractivity contribution in [3.8, 4) is 0 Å². The van der Waals surface area contributed by atoms with Crippen molar-refractivity contribution in [3.63, 3.8) is 0 Å². The van der Waals surface area contributed by atoms with Gasteiger partial charge in [0.1, 0.15) is 0 Å². The molecule has 2 N–H and O–H groups in total. The van der Waals surface area contributed by atoms with Crippen LogP contribution in [0.5, 0.6) is 0 Å². The number of pyridine rings is 1. The predicted octanol–water partition coefficient (Wildman–Crippen LogP) is 2.62. The molecule has 7 nitrogen and oxygen atoms in total. The standard InChI is InChI=1S/C19H28N4O3/c1-12(2)16-11-15(17-13(3)22-26-18(17)21-16)19(24)23-8-5-14(6-9-23)25-10-4-7-20/h11-12,14H,4-10,20H2,1-3H3. The first-order valence-electron chi connectivity index (χ1n) is 9.39. The van der Waals surface area contributed by atoms with Gasteiger partial charge in [-0.05, 0) is 44.7 Å². The molecule has 2 aromatic rings. The lowest BCUT2D eigenvalue weighted by atomic mass is 10.0. The summed E-state index contributed by atoms with van der Waals surface area (Å²) in [6.45, 7) is 8.67. The molecule has 0 bridgehead atoms. The number of hydrogen-bond donors (Lipinski definition) is 1. The normalized spacial score (nSPS) is 16.0. The number of nitrogens with zero attached hydrogens (tertiary/aromatic N) is 3. The molecule has 1 saturated heterocycles. The fourth-order valence-corrected chi connectivity index (χ4v) is 3.31. The number of rotatable bonds is 6. The molecule has 1 amide bonds. The second-order valence-electron chi connectivity index (χ2n) is 7.20. The van der Waals surface area contributed by atoms with Crippen molar-refractivity contribution >= 4 is 17.0 Å². The van der Waals surface area contributed by atoms with E-state index in [4.69, 9.17) is 15.0 Å². The molecule has 1 fully saturated rings. The van der Waals surface area contributed by atoms with E-state index in [0.29, 0.717) is 43.2 Å². The third-order valence-corrected chi connectivity index (χ3v) is 4.89. The molecule has 0 saturated carbocycles. The number of aryl methyl sites for hydroxylation is 1. The van der Waals surface area contributed by atoms with Crippen molar-refractivity contribution in [1.82, 2.24) is 15.0 Å². The van der Waals surface area contributed by atoms with Crippen LogP contribution in [0.15, 0.2) is 10.6 Å². The maximum absolute atomic E-state index is 13.2. The van der Waals surface area contributed by atoms with Crippen LogP contribution in [-0.4, -0.2) is 53.3 Å². The van der Waals surface area contributed by atoms with Crippen molar-refractivity contribution in [1.29, 1.82) is 0 Å². The minimum atomic E-state index is 0.0195. The molecule has 1 aliphatic heterocycles. The molecule has 0 radical (unpaired) electrons. The smallest absolute Gasteiger partial charge is 0.259 e. The Morgan fingerprint density at radius 2 is 2.15 bits per heavy atom. The first-order chi connectivity index (χ1) is 12.5. The van der Waals surface area contributed by atoms with E-state index in [1.54, 1.807) is 0 Å². The summed E-state index contributed by atoms with van der Waals surface area (Å²) in [5.41, 5.74) is 8.13. The Kier molecular flexibility index (Phi) is 5.88. The maximum Gasteiger partial charge on any atom is 0.259 e. The van der Waals surface area contributed by atoms with E-state index < -0.39 is 0 Å². The molecule has 0 aromatic carbocycles. The summed E-state index contributed by atoms with van der Waals surface area (Å²) in [5, 5.41) is 4.72. The number of likely N-dealkylation sites (tertiary alicyclic amines) is 1. The van der Waals surface area contributed by atoms with E-state index in [1.807, 2.05) is 17.9 Å². The Hall–Kier alpha value is -1.99. The summed E-state index contributed by atoms with van der Waals surface area (Å²) in [7, 11) is 0. The zero-order valence-corrected chi connectivity index (χ0v) is 15.8. The van der Waals surface area contributed by atoms with Crippen LogP contribution >= 0.6 is 0 Å². The summed E-state index contributed by atoms with van der Waals surface area (Å²) < 4.78 is 11.2. The second-order valence-corrected chi connectivity index (χ2v) is 7.20. The fourth-order valence-electron chi connectivity index (χ4n) is 3.31. The Morgan fingerprint density at radius 3 is 2.81 bits per heavy atom. The Balaban J connectivity index is 1.77. The SMILES string of the molecule is Cc1noc2nc(C(C)C)cc(C(=O)N3CCC(OCCCN)CC3)c12. The summed E-state index contributed by atoms with van der Waals surface area (Å²) in [6.07, 6.45) is 2.79. The van der Waals surface area contributed by atoms with Gasteiger partial charge >= 0.3 is 0 Å². The van der Waals surface area contributed by atoms with Crippen molar-refractivity contribution in [2.45, 2.75) is 52.1 Å². The number of amides is 1. The van der Waals surface area contributed by atoms with E-state index in [0.717, 1.165) is 30.3 Å². The molecule has 0 atom stereocenters. The zero-order valence-electron chi connectivity index (χ0n) is 15.8. The molecule has 26 heavy (non-hydrogen) atoms. The monoisotopic (exact) mass is 360 g/mol. The zero-order chi connectivity index (χ0) is 18.7. The van der Waals surface area contributed by atoms with Gasteiger partial charge in [-0.15, -0.1) is 0 Å². The average Bonchev–Trinajstić information content (AvgIpc) is 3.02. The van der Waals surface area contributed by atoms with Crippen LogP contribution in [0.25, 0.3) is 11.1 Å². The molecule has 1 aliphatic rings. The van der Waals surface area contributed by atoms with Gasteiger partial charge in [0.15, 0.2) is 0 Å². The Labute approximate surface area is 153 Å². The molecule has 0 aliphatic carbocycles. The van der Waals surface area contributed by atoms with Crippen LogP contribution in [0, 0.1) is 6.92 Å². The molecule has 3 rings (SSSR count). The minimum Gasteiger partial charge on any atom is -0.378 e. The topological polar surface area (TPSA) is 94.5 Å². The first kappa shape index (κ1) is 18.8. The number of piperidine rings is 1. The fraction of sp³-hybridized carbons (Fsp3) is 0.632. The van der Waals surface area contributed by atoms with Gasteiger partial charge in [0.2, 0.25) is 0 Å². The molecule has 2 aromatic heterocycles. The number of ether oxygens (including phenoxy) is 1. The highest BCUT2D eigenvalue weighted by atomic mass is 16.5. The number of carbonyl (C=O) groups is 1. The van der Waals surface area contributed by atoms with Crippen LogP contribution in [0.2, 0.25) is 0 Å². The van der Waals surface area contributed by atoms with Crippen molar-refractivity contribution in [2.75, 3.05) is 26.2 Å². The van der Waals surface area contributed by atoms with Crippen LogP contribution in [-0.2, 0) is 4.74 Å². The van der Waals surface area contributed by atoms with Crippen molar-refractivity contribution in [2.24, 2.45) is 5.73 Å². The van der Waals surface area contributed by atoms with Crippen LogP contribution in [0.1, 0.15) is 60.8 Å². The number of fused-ring (bicyclic) bond motifs is 1. The van der Waals surface area contributed by atoms with E-state index >= 15 is 0 Å². The van der Waals surface area contributed by atoms with Crippen LogP contribution < -0.4 is 5.73 Å². The lowest BCUT2D eigenvalue weighted by Crippen LogP contribution is -2.41. The average molecular weight is 360 g/mol. The van der Waals surface area contributed by atoms with Crippen molar-refractivity contribution in [3.05, 3.63) is 23.0 Å². The van der Waals surface area contributed by atoms with Gasteiger partial charge in [0.25, 0.3) is 11.6 Å². The molecule has 7 heteroatoms. The largest absolute Gasteiger partial charge is 0.378 e. The lowest BCUT2D eigenvalue weighted by molar-refractivity contribution is 0.00849. The highest BCUT2D eigenvalue weighted by molar-refractivity contribution is 6.06. The second kappa shape index (κ2) is 8.14. The third kappa shape index (κ3) is 3.88.